The first-order valence-electron chi connectivity index (χ1n) is 7.34. The summed E-state index contributed by atoms with van der Waals surface area (Å²) in [5.41, 5.74) is 2.96. The monoisotopic (exact) mass is 419 g/mol. The fourth-order valence-corrected chi connectivity index (χ4v) is 4.38. The van der Waals surface area contributed by atoms with Gasteiger partial charge in [0.15, 0.2) is 0 Å². The molecule has 0 unspecified atom stereocenters. The molecule has 0 bridgehead atoms. The van der Waals surface area contributed by atoms with Gasteiger partial charge in [-0.2, -0.15) is 5.10 Å². The number of benzene rings is 2. The van der Waals surface area contributed by atoms with E-state index in [1.165, 1.54) is 12.1 Å². The number of aromatic amines is 1. The normalized spacial score (nSPS) is 25.0. The third-order valence-corrected chi connectivity index (χ3v) is 5.84. The summed E-state index contributed by atoms with van der Waals surface area (Å²) >= 11 is 2.19. The van der Waals surface area contributed by atoms with E-state index < -0.39 is 5.41 Å². The van der Waals surface area contributed by atoms with E-state index in [0.717, 1.165) is 31.4 Å². The van der Waals surface area contributed by atoms with Crippen molar-refractivity contribution in [3.8, 4) is 0 Å². The molecule has 0 saturated heterocycles. The maximum Gasteiger partial charge on any atom is 0.235 e. The summed E-state index contributed by atoms with van der Waals surface area (Å²) in [4.78, 5) is 12.5. The molecule has 1 spiro atoms. The van der Waals surface area contributed by atoms with Crippen molar-refractivity contribution in [1.82, 2.24) is 10.2 Å². The van der Waals surface area contributed by atoms with Gasteiger partial charge >= 0.3 is 0 Å². The SMILES string of the molecule is O=C1Nc2ccc(F)cc2[C@]12C[C@H]2c1ccc2c(I)n[nH]c2c1. The Labute approximate surface area is 144 Å². The first-order chi connectivity index (χ1) is 11.1. The van der Waals surface area contributed by atoms with Crippen LogP contribution in [0.4, 0.5) is 10.1 Å². The second-order valence-electron chi connectivity index (χ2n) is 6.19. The summed E-state index contributed by atoms with van der Waals surface area (Å²) < 4.78 is 14.6. The molecule has 23 heavy (non-hydrogen) atoms. The van der Waals surface area contributed by atoms with Crippen molar-refractivity contribution in [2.45, 2.75) is 17.8 Å². The highest BCUT2D eigenvalue weighted by atomic mass is 127. The fourth-order valence-electron chi connectivity index (χ4n) is 3.79. The van der Waals surface area contributed by atoms with Gasteiger partial charge in [-0.1, -0.05) is 6.07 Å². The van der Waals surface area contributed by atoms with Crippen molar-refractivity contribution in [3.63, 3.8) is 0 Å². The molecule has 114 valence electrons. The molecule has 6 heteroatoms. The lowest BCUT2D eigenvalue weighted by atomic mass is 9.92. The molecule has 1 aliphatic carbocycles. The number of hydrogen-bond acceptors (Lipinski definition) is 2. The maximum atomic E-state index is 13.6. The van der Waals surface area contributed by atoms with Crippen LogP contribution in [0.1, 0.15) is 23.5 Å². The third kappa shape index (κ3) is 1.69. The number of anilines is 1. The van der Waals surface area contributed by atoms with E-state index in [4.69, 9.17) is 0 Å². The minimum atomic E-state index is -0.613. The Balaban J connectivity index is 1.62. The molecule has 5 rings (SSSR count). The average molecular weight is 419 g/mol. The summed E-state index contributed by atoms with van der Waals surface area (Å²) in [5, 5.41) is 11.2. The van der Waals surface area contributed by atoms with Gasteiger partial charge in [0.2, 0.25) is 5.91 Å². The number of rotatable bonds is 1. The van der Waals surface area contributed by atoms with Crippen molar-refractivity contribution in [1.29, 1.82) is 0 Å². The van der Waals surface area contributed by atoms with Crippen LogP contribution >= 0.6 is 22.6 Å². The molecule has 2 aromatic carbocycles. The zero-order valence-electron chi connectivity index (χ0n) is 11.9. The van der Waals surface area contributed by atoms with Crippen LogP contribution in [0, 0.1) is 9.52 Å². The third-order valence-electron chi connectivity index (χ3n) is 5.02. The van der Waals surface area contributed by atoms with Crippen LogP contribution in [0.2, 0.25) is 0 Å². The second-order valence-corrected chi connectivity index (χ2v) is 7.21. The molecule has 1 amide bonds. The Bertz CT molecular complexity index is 999. The van der Waals surface area contributed by atoms with E-state index in [1.807, 2.05) is 12.1 Å². The predicted molar refractivity (Wildman–Crippen MR) is 92.9 cm³/mol. The molecular formula is C17H11FIN3O. The predicted octanol–water partition coefficient (Wildman–Crippen LogP) is 3.68. The second kappa shape index (κ2) is 4.31. The van der Waals surface area contributed by atoms with Crippen molar-refractivity contribution in [2.24, 2.45) is 0 Å². The molecule has 1 saturated carbocycles. The number of carbonyl (C=O) groups is 1. The highest BCUT2D eigenvalue weighted by Gasteiger charge is 2.65. The summed E-state index contributed by atoms with van der Waals surface area (Å²) in [6.07, 6.45) is 0.714. The van der Waals surface area contributed by atoms with Gasteiger partial charge in [0.05, 0.1) is 10.9 Å². The highest BCUT2D eigenvalue weighted by Crippen LogP contribution is 2.65. The first kappa shape index (κ1) is 13.5. The largest absolute Gasteiger partial charge is 0.325 e. The van der Waals surface area contributed by atoms with Crippen LogP contribution in [0.3, 0.4) is 0 Å². The van der Waals surface area contributed by atoms with Gasteiger partial charge in [0.1, 0.15) is 9.52 Å². The average Bonchev–Trinajstić information content (AvgIpc) is 3.12. The molecule has 4 nitrogen and oxygen atoms in total. The Morgan fingerprint density at radius 2 is 2.13 bits per heavy atom. The number of fused-ring (bicyclic) bond motifs is 3. The number of amides is 1. The van der Waals surface area contributed by atoms with Crippen LogP contribution in [0.15, 0.2) is 36.4 Å². The van der Waals surface area contributed by atoms with Gasteiger partial charge < -0.3 is 5.32 Å². The van der Waals surface area contributed by atoms with Crippen molar-refractivity contribution >= 4 is 45.1 Å². The Morgan fingerprint density at radius 1 is 1.26 bits per heavy atom. The zero-order chi connectivity index (χ0) is 15.8. The van der Waals surface area contributed by atoms with Gasteiger partial charge in [-0.15, -0.1) is 0 Å². The summed E-state index contributed by atoms with van der Waals surface area (Å²) in [6.45, 7) is 0. The van der Waals surface area contributed by atoms with Crippen LogP contribution < -0.4 is 5.32 Å². The molecule has 2 aliphatic rings. The molecular weight excluding hydrogens is 408 g/mol. The first-order valence-corrected chi connectivity index (χ1v) is 8.42. The van der Waals surface area contributed by atoms with Crippen LogP contribution in [-0.2, 0) is 10.2 Å². The number of nitrogens with zero attached hydrogens (tertiary/aromatic N) is 1. The van der Waals surface area contributed by atoms with E-state index >= 15 is 0 Å². The standard InChI is InChI=1S/C17H11FIN3O/c18-9-2-4-13-11(6-9)17(16(23)20-13)7-12(17)8-1-3-10-14(5-8)21-22-15(10)19/h1-6,12H,7H2,(H,20,23)(H,21,22)/t12-,17-/m0/s1. The van der Waals surface area contributed by atoms with Crippen LogP contribution in [-0.4, -0.2) is 16.1 Å². The van der Waals surface area contributed by atoms with Gasteiger partial charge in [0, 0.05) is 17.0 Å². The van der Waals surface area contributed by atoms with Gasteiger partial charge in [0.25, 0.3) is 0 Å². The van der Waals surface area contributed by atoms with E-state index in [9.17, 15) is 9.18 Å². The number of nitrogens with one attached hydrogen (secondary N) is 2. The summed E-state index contributed by atoms with van der Waals surface area (Å²) in [6, 6.07) is 10.6. The molecule has 1 aliphatic heterocycles. The maximum absolute atomic E-state index is 13.6. The number of hydrogen-bond donors (Lipinski definition) is 2. The molecule has 2 N–H and O–H groups in total. The fraction of sp³-hybridized carbons (Fsp3) is 0.176. The highest BCUT2D eigenvalue weighted by molar-refractivity contribution is 14.1. The lowest BCUT2D eigenvalue weighted by Crippen LogP contribution is -2.21. The van der Waals surface area contributed by atoms with E-state index in [-0.39, 0.29) is 17.6 Å². The molecule has 1 fully saturated rings. The smallest absolute Gasteiger partial charge is 0.235 e. The van der Waals surface area contributed by atoms with Crippen LogP contribution in [0.25, 0.3) is 10.9 Å². The van der Waals surface area contributed by atoms with Crippen molar-refractivity contribution in [3.05, 3.63) is 57.0 Å². The molecule has 0 radical (unpaired) electrons. The van der Waals surface area contributed by atoms with Gasteiger partial charge in [-0.05, 0) is 70.5 Å². The lowest BCUT2D eigenvalue weighted by molar-refractivity contribution is -0.118. The van der Waals surface area contributed by atoms with Gasteiger partial charge in [-0.25, -0.2) is 4.39 Å². The summed E-state index contributed by atoms with van der Waals surface area (Å²) in [7, 11) is 0. The quantitative estimate of drug-likeness (QED) is 0.592. The van der Waals surface area contributed by atoms with Crippen molar-refractivity contribution in [2.75, 3.05) is 5.32 Å². The van der Waals surface area contributed by atoms with E-state index in [2.05, 4.69) is 44.2 Å². The number of halogens is 2. The Morgan fingerprint density at radius 3 is 3.00 bits per heavy atom. The topological polar surface area (TPSA) is 57.8 Å². The van der Waals surface area contributed by atoms with Crippen molar-refractivity contribution < 1.29 is 9.18 Å². The lowest BCUT2D eigenvalue weighted by Gasteiger charge is -2.09. The summed E-state index contributed by atoms with van der Waals surface area (Å²) in [5.74, 6) is -0.248. The number of carbonyl (C=O) groups excluding carboxylic acids is 1. The molecule has 2 atom stereocenters. The zero-order valence-corrected chi connectivity index (χ0v) is 14.0. The van der Waals surface area contributed by atoms with E-state index in [1.54, 1.807) is 6.07 Å². The molecule has 1 aromatic heterocycles. The Kier molecular flexibility index (Phi) is 2.53. The number of H-pyrrole nitrogens is 1. The Hall–Kier alpha value is -1.96. The number of aromatic nitrogens is 2. The van der Waals surface area contributed by atoms with E-state index in [0.29, 0.717) is 6.42 Å². The van der Waals surface area contributed by atoms with Crippen LogP contribution in [0.5, 0.6) is 0 Å². The minimum Gasteiger partial charge on any atom is -0.325 e. The minimum absolute atomic E-state index is 0.0256. The van der Waals surface area contributed by atoms with Gasteiger partial charge in [-0.3, -0.25) is 9.89 Å². The molecule has 2 heterocycles. The molecule has 3 aromatic rings.